The van der Waals surface area contributed by atoms with Gasteiger partial charge in [-0.05, 0) is 86.0 Å². The number of carbonyl (C=O) groups is 1. The molecule has 0 radical (unpaired) electrons. The van der Waals surface area contributed by atoms with E-state index < -0.39 is 5.97 Å². The molecule has 2 atom stereocenters. The van der Waals surface area contributed by atoms with Gasteiger partial charge in [-0.1, -0.05) is 11.6 Å². The van der Waals surface area contributed by atoms with Crippen molar-refractivity contribution in [2.45, 2.75) is 36.3 Å². The molecule has 182 valence electrons. The van der Waals surface area contributed by atoms with Crippen LogP contribution in [-0.4, -0.2) is 53.5 Å². The number of aliphatic carboxylic acids is 1. The summed E-state index contributed by atoms with van der Waals surface area (Å²) < 4.78 is 7.46. The molecule has 1 saturated heterocycles. The van der Waals surface area contributed by atoms with Crippen LogP contribution in [0, 0.1) is 11.8 Å². The second kappa shape index (κ2) is 12.2. The highest BCUT2D eigenvalue weighted by atomic mass is 35.5. The van der Waals surface area contributed by atoms with Gasteiger partial charge < -0.3 is 14.7 Å². The van der Waals surface area contributed by atoms with Crippen LogP contribution in [0.1, 0.15) is 31.2 Å². The summed E-state index contributed by atoms with van der Waals surface area (Å²) in [4.78, 5) is 18.5. The van der Waals surface area contributed by atoms with E-state index in [1.807, 2.05) is 36.2 Å². The minimum atomic E-state index is -0.688. The van der Waals surface area contributed by atoms with Crippen LogP contribution in [0.4, 0.5) is 0 Å². The van der Waals surface area contributed by atoms with Crippen molar-refractivity contribution in [3.63, 3.8) is 0 Å². The van der Waals surface area contributed by atoms with Gasteiger partial charge in [0.2, 0.25) is 0 Å². The van der Waals surface area contributed by atoms with Gasteiger partial charge in [0.25, 0.3) is 0 Å². The molecule has 1 N–H and O–H groups in total. The van der Waals surface area contributed by atoms with Crippen LogP contribution in [0.15, 0.2) is 46.8 Å². The number of carboxylic acids is 1. The van der Waals surface area contributed by atoms with Gasteiger partial charge in [-0.25, -0.2) is 0 Å². The molecule has 1 aliphatic heterocycles. The monoisotopic (exact) mass is 518 g/mol. The third-order valence-corrected chi connectivity index (χ3v) is 9.11. The van der Waals surface area contributed by atoms with Gasteiger partial charge in [0.15, 0.2) is 0 Å². The molecule has 0 unspecified atom stereocenters. The Bertz CT molecular complexity index is 1110. The predicted molar refractivity (Wildman–Crippen MR) is 142 cm³/mol. The molecule has 0 amide bonds. The Morgan fingerprint density at radius 1 is 1.29 bits per heavy atom. The SMILES string of the molecule is COc1ccc2nccc(CCC[C@@H]3CCN(CCSc4ccc(Cl)s4)C[C@@H]3CC(=O)O)c2c1. The average molecular weight is 519 g/mol. The Labute approximate surface area is 214 Å². The first-order valence-corrected chi connectivity index (χ1v) is 13.9. The lowest BCUT2D eigenvalue weighted by Crippen LogP contribution is -2.42. The summed E-state index contributed by atoms with van der Waals surface area (Å²) in [7, 11) is 1.68. The Kier molecular flexibility index (Phi) is 9.11. The number of carboxylic acid groups (broad SMARTS) is 1. The number of nitrogens with zero attached hydrogens (tertiary/aromatic N) is 2. The van der Waals surface area contributed by atoms with E-state index in [9.17, 15) is 9.90 Å². The molecule has 3 aromatic rings. The van der Waals surface area contributed by atoms with Crippen molar-refractivity contribution < 1.29 is 14.6 Å². The molecule has 1 aliphatic rings. The first kappa shape index (κ1) is 25.3. The van der Waals surface area contributed by atoms with Crippen LogP contribution in [0.2, 0.25) is 4.34 Å². The van der Waals surface area contributed by atoms with Crippen molar-refractivity contribution in [3.05, 3.63) is 52.5 Å². The minimum Gasteiger partial charge on any atom is -0.497 e. The summed E-state index contributed by atoms with van der Waals surface area (Å²) in [5.41, 5.74) is 2.26. The number of piperidine rings is 1. The van der Waals surface area contributed by atoms with Gasteiger partial charge in [0.05, 0.1) is 21.2 Å². The highest BCUT2D eigenvalue weighted by Gasteiger charge is 2.30. The first-order valence-electron chi connectivity index (χ1n) is 11.8. The van der Waals surface area contributed by atoms with E-state index in [4.69, 9.17) is 16.3 Å². The topological polar surface area (TPSA) is 62.7 Å². The highest BCUT2D eigenvalue weighted by molar-refractivity contribution is 8.01. The number of thioether (sulfide) groups is 1. The van der Waals surface area contributed by atoms with Gasteiger partial charge in [0.1, 0.15) is 5.75 Å². The maximum Gasteiger partial charge on any atom is 0.303 e. The molecular formula is C26H31ClN2O3S2. The molecule has 0 saturated carbocycles. The number of halogens is 1. The van der Waals surface area contributed by atoms with Crippen molar-refractivity contribution in [1.82, 2.24) is 9.88 Å². The number of hydrogen-bond acceptors (Lipinski definition) is 6. The lowest BCUT2D eigenvalue weighted by atomic mass is 9.80. The zero-order valence-electron chi connectivity index (χ0n) is 19.4. The highest BCUT2D eigenvalue weighted by Crippen LogP contribution is 2.33. The van der Waals surface area contributed by atoms with Crippen molar-refractivity contribution in [2.75, 3.05) is 32.5 Å². The van der Waals surface area contributed by atoms with Crippen molar-refractivity contribution in [2.24, 2.45) is 11.8 Å². The second-order valence-corrected chi connectivity index (χ2v) is 12.0. The zero-order chi connectivity index (χ0) is 23.9. The van der Waals surface area contributed by atoms with E-state index in [1.165, 1.54) is 9.77 Å². The maximum absolute atomic E-state index is 11.6. The molecule has 0 bridgehead atoms. The number of methoxy groups -OCH3 is 1. The molecule has 0 spiro atoms. The van der Waals surface area contributed by atoms with Gasteiger partial charge in [0, 0.05) is 36.8 Å². The molecule has 0 aliphatic carbocycles. The molecule has 4 rings (SSSR count). The molecule has 34 heavy (non-hydrogen) atoms. The molecule has 3 heterocycles. The summed E-state index contributed by atoms with van der Waals surface area (Å²) >= 11 is 9.47. The summed E-state index contributed by atoms with van der Waals surface area (Å²) in [5, 5.41) is 10.7. The lowest BCUT2D eigenvalue weighted by molar-refractivity contribution is -0.139. The molecule has 5 nitrogen and oxygen atoms in total. The number of benzene rings is 1. The van der Waals surface area contributed by atoms with Gasteiger partial charge in [-0.2, -0.15) is 0 Å². The summed E-state index contributed by atoms with van der Waals surface area (Å²) in [5.74, 6) is 1.82. The smallest absolute Gasteiger partial charge is 0.303 e. The summed E-state index contributed by atoms with van der Waals surface area (Å²) in [6.45, 7) is 2.90. The van der Waals surface area contributed by atoms with Gasteiger partial charge >= 0.3 is 5.97 Å². The fourth-order valence-electron chi connectivity index (χ4n) is 4.93. The van der Waals surface area contributed by atoms with E-state index in [0.29, 0.717) is 5.92 Å². The third kappa shape index (κ3) is 6.87. The number of thiophene rings is 1. The third-order valence-electron chi connectivity index (χ3n) is 6.67. The lowest BCUT2D eigenvalue weighted by Gasteiger charge is -2.38. The number of fused-ring (bicyclic) bond motifs is 1. The summed E-state index contributed by atoms with van der Waals surface area (Å²) in [6.07, 6.45) is 6.26. The van der Waals surface area contributed by atoms with Gasteiger partial charge in [-0.15, -0.1) is 23.1 Å². The van der Waals surface area contributed by atoms with E-state index >= 15 is 0 Å². The second-order valence-electron chi connectivity index (χ2n) is 8.86. The Morgan fingerprint density at radius 2 is 2.18 bits per heavy atom. The minimum absolute atomic E-state index is 0.210. The number of pyridine rings is 1. The molecular weight excluding hydrogens is 488 g/mol. The molecule has 2 aromatic heterocycles. The van der Waals surface area contributed by atoms with Crippen LogP contribution >= 0.6 is 34.7 Å². The fraction of sp³-hybridized carbons (Fsp3) is 0.462. The van der Waals surface area contributed by atoms with Crippen molar-refractivity contribution >= 4 is 51.6 Å². The maximum atomic E-state index is 11.6. The first-order chi connectivity index (χ1) is 16.5. The van der Waals surface area contributed by atoms with E-state index in [0.717, 1.165) is 72.1 Å². The van der Waals surface area contributed by atoms with E-state index in [-0.39, 0.29) is 12.3 Å². The van der Waals surface area contributed by atoms with Crippen LogP contribution in [0.25, 0.3) is 10.9 Å². The molecule has 1 fully saturated rings. The summed E-state index contributed by atoms with van der Waals surface area (Å²) in [6, 6.07) is 12.1. The number of aryl methyl sites for hydroxylation is 1. The number of ether oxygens (including phenoxy) is 1. The van der Waals surface area contributed by atoms with Crippen LogP contribution in [0.3, 0.4) is 0 Å². The largest absolute Gasteiger partial charge is 0.497 e. The van der Waals surface area contributed by atoms with Crippen LogP contribution in [-0.2, 0) is 11.2 Å². The molecule has 8 heteroatoms. The normalized spacial score (nSPS) is 18.9. The number of rotatable bonds is 11. The Hall–Kier alpha value is -1.80. The molecule has 1 aromatic carbocycles. The Balaban J connectivity index is 1.31. The van der Waals surface area contributed by atoms with Crippen molar-refractivity contribution in [3.8, 4) is 5.75 Å². The van der Waals surface area contributed by atoms with Crippen LogP contribution in [0.5, 0.6) is 5.75 Å². The number of aromatic nitrogens is 1. The van der Waals surface area contributed by atoms with Crippen molar-refractivity contribution in [1.29, 1.82) is 0 Å². The number of hydrogen-bond donors (Lipinski definition) is 1. The Morgan fingerprint density at radius 3 is 2.94 bits per heavy atom. The predicted octanol–water partition coefficient (Wildman–Crippen LogP) is 6.49. The number of likely N-dealkylation sites (tertiary alicyclic amines) is 1. The fourth-order valence-corrected chi connectivity index (χ4v) is 7.31. The quantitative estimate of drug-likeness (QED) is 0.293. The van der Waals surface area contributed by atoms with E-state index in [2.05, 4.69) is 28.1 Å². The zero-order valence-corrected chi connectivity index (χ0v) is 21.8. The average Bonchev–Trinajstić information content (AvgIpc) is 3.24. The van der Waals surface area contributed by atoms with Gasteiger partial charge in [-0.3, -0.25) is 9.78 Å². The van der Waals surface area contributed by atoms with Crippen LogP contribution < -0.4 is 4.74 Å². The standard InChI is InChI=1S/C26H31ClN2O3S2/c1-32-21-5-6-23-22(16-21)19(9-11-28-23)4-2-3-18-10-12-29(17-20(18)15-25(30)31)13-14-33-26-8-7-24(27)34-26/h5-9,11,16,18,20H,2-4,10,12-15,17H2,1H3,(H,30,31)/t18-,20+/m1/s1. The van der Waals surface area contributed by atoms with E-state index in [1.54, 1.807) is 18.4 Å².